The van der Waals surface area contributed by atoms with Gasteiger partial charge in [0.05, 0.1) is 47.2 Å². The number of aliphatic hydroxyl groups is 1. The van der Waals surface area contributed by atoms with Crippen LogP contribution in [0, 0.1) is 11.8 Å². The number of carbonyl (C=O) groups excluding carboxylic acids is 1. The number of fused-ring (bicyclic) bond motifs is 1. The van der Waals surface area contributed by atoms with Gasteiger partial charge in [0, 0.05) is 56.9 Å². The molecule has 3 aliphatic rings. The summed E-state index contributed by atoms with van der Waals surface area (Å²) in [4.78, 5) is 22.3. The summed E-state index contributed by atoms with van der Waals surface area (Å²) < 4.78 is 7.32. The lowest BCUT2D eigenvalue weighted by atomic mass is 9.95. The van der Waals surface area contributed by atoms with E-state index in [4.69, 9.17) is 16.3 Å². The molecular weight excluding hydrogens is 504 g/mol. The number of hydrogen-bond donors (Lipinski definition) is 2. The summed E-state index contributed by atoms with van der Waals surface area (Å²) in [5.74, 6) is 0.912. The first kappa shape index (κ1) is 25.6. The fourth-order valence-electron chi connectivity index (χ4n) is 6.34. The van der Waals surface area contributed by atoms with Gasteiger partial charge in [-0.1, -0.05) is 24.9 Å². The largest absolute Gasteiger partial charge is 0.389 e. The Labute approximate surface area is 227 Å². The number of halogens is 1. The van der Waals surface area contributed by atoms with Crippen LogP contribution in [0.5, 0.6) is 0 Å². The van der Waals surface area contributed by atoms with E-state index in [1.807, 2.05) is 31.4 Å². The van der Waals surface area contributed by atoms with E-state index in [1.54, 1.807) is 10.9 Å². The van der Waals surface area contributed by atoms with Gasteiger partial charge in [-0.2, -0.15) is 5.10 Å². The van der Waals surface area contributed by atoms with Crippen LogP contribution in [0.2, 0.25) is 5.02 Å². The maximum Gasteiger partial charge on any atom is 0.229 e. The summed E-state index contributed by atoms with van der Waals surface area (Å²) in [7, 11) is 1.90. The molecule has 2 N–H and O–H groups in total. The highest BCUT2D eigenvalue weighted by Crippen LogP contribution is 2.55. The highest BCUT2D eigenvalue weighted by Gasteiger charge is 2.55. The molecule has 1 amide bonds. The van der Waals surface area contributed by atoms with Gasteiger partial charge in [-0.3, -0.25) is 14.4 Å². The number of hydrogen-bond acceptors (Lipinski definition) is 7. The molecule has 3 unspecified atom stereocenters. The minimum absolute atomic E-state index is 0.00348. The number of ether oxygens (including phenoxy) is 1. The molecule has 3 aromatic rings. The van der Waals surface area contributed by atoms with Crippen molar-refractivity contribution >= 4 is 39.8 Å². The molecule has 0 bridgehead atoms. The maximum absolute atomic E-state index is 13.2. The summed E-state index contributed by atoms with van der Waals surface area (Å²) in [5.41, 5.74) is 1.61. The number of nitrogens with zero attached hydrogens (tertiary/aromatic N) is 5. The smallest absolute Gasteiger partial charge is 0.229 e. The molecule has 4 heterocycles. The Hall–Kier alpha value is -2.72. The zero-order valence-electron chi connectivity index (χ0n) is 22.1. The molecule has 6 rings (SSSR count). The molecule has 2 aliphatic heterocycles. The Morgan fingerprint density at radius 1 is 1.24 bits per heavy atom. The van der Waals surface area contributed by atoms with E-state index in [0.29, 0.717) is 30.0 Å². The number of benzene rings is 1. The van der Waals surface area contributed by atoms with Crippen LogP contribution in [-0.2, 0) is 16.6 Å². The minimum atomic E-state index is -0.470. The number of piperazine rings is 1. The van der Waals surface area contributed by atoms with Crippen molar-refractivity contribution in [3.63, 3.8) is 0 Å². The number of amides is 1. The Kier molecular flexibility index (Phi) is 6.58. The third-order valence-corrected chi connectivity index (χ3v) is 9.09. The molecule has 10 heteroatoms. The van der Waals surface area contributed by atoms with E-state index in [2.05, 4.69) is 45.1 Å². The molecule has 9 nitrogen and oxygen atoms in total. The van der Waals surface area contributed by atoms with Gasteiger partial charge in [-0.25, -0.2) is 4.98 Å². The number of rotatable bonds is 6. The Balaban J connectivity index is 1.16. The molecule has 2 saturated heterocycles. The Morgan fingerprint density at radius 3 is 2.68 bits per heavy atom. The van der Waals surface area contributed by atoms with E-state index in [1.165, 1.54) is 0 Å². The first-order valence-corrected chi connectivity index (χ1v) is 13.8. The van der Waals surface area contributed by atoms with E-state index in [-0.39, 0.29) is 23.3 Å². The summed E-state index contributed by atoms with van der Waals surface area (Å²) in [6.45, 7) is 8.39. The van der Waals surface area contributed by atoms with Crippen molar-refractivity contribution in [3.05, 3.63) is 47.4 Å². The molecule has 1 saturated carbocycles. The lowest BCUT2D eigenvalue weighted by Crippen LogP contribution is -2.60. The SMILES string of the molecule is CCC1C(C(=O)Nc2cc3cc(N4CCN([C@]5(C)COC[C@@H]5O)CC4)c(Cl)cc3cn2)C1c1ccn(C)n1. The Bertz CT molecular complexity index is 1360. The van der Waals surface area contributed by atoms with Crippen molar-refractivity contribution in [3.8, 4) is 0 Å². The molecule has 5 atom stereocenters. The Morgan fingerprint density at radius 2 is 2.03 bits per heavy atom. The van der Waals surface area contributed by atoms with Crippen molar-refractivity contribution < 1.29 is 14.6 Å². The third kappa shape index (κ3) is 4.45. The van der Waals surface area contributed by atoms with E-state index < -0.39 is 6.10 Å². The van der Waals surface area contributed by atoms with Crippen LogP contribution in [0.1, 0.15) is 31.9 Å². The van der Waals surface area contributed by atoms with Gasteiger partial charge in [0.25, 0.3) is 0 Å². The quantitative estimate of drug-likeness (QED) is 0.497. The van der Waals surface area contributed by atoms with Crippen LogP contribution in [0.15, 0.2) is 36.7 Å². The lowest BCUT2D eigenvalue weighted by molar-refractivity contribution is -0.117. The lowest BCUT2D eigenvalue weighted by Gasteiger charge is -2.45. The number of pyridine rings is 1. The fraction of sp³-hybridized carbons (Fsp3) is 0.536. The average Bonchev–Trinajstić information content (AvgIpc) is 3.33. The van der Waals surface area contributed by atoms with E-state index in [0.717, 1.165) is 54.8 Å². The number of aliphatic hydroxyl groups excluding tert-OH is 1. The highest BCUT2D eigenvalue weighted by atomic mass is 35.5. The van der Waals surface area contributed by atoms with Crippen molar-refractivity contribution in [2.75, 3.05) is 49.6 Å². The number of aromatic nitrogens is 3. The predicted molar refractivity (Wildman–Crippen MR) is 148 cm³/mol. The standard InChI is InChI=1S/C28H35ClN6O3/c1-4-19-25(21-5-6-33(3)32-21)26(19)27(37)31-24-13-17-12-22(20(29)11-18(17)14-30-24)34-7-9-35(10-8-34)28(2)16-38-15-23(28)36/h5-6,11-14,19,23,25-26,36H,4,7-10,15-16H2,1-3H3,(H,30,31,37)/t19?,23-,25?,26?,28+/m0/s1. The number of anilines is 2. The number of aryl methyl sites for hydroxylation is 1. The molecule has 2 aromatic heterocycles. The topological polar surface area (TPSA) is 95.8 Å². The first-order chi connectivity index (χ1) is 18.3. The van der Waals surface area contributed by atoms with Crippen molar-refractivity contribution in [1.82, 2.24) is 19.7 Å². The van der Waals surface area contributed by atoms with Crippen molar-refractivity contribution in [2.24, 2.45) is 18.9 Å². The molecule has 0 radical (unpaired) electrons. The molecule has 0 spiro atoms. The van der Waals surface area contributed by atoms with Gasteiger partial charge >= 0.3 is 0 Å². The molecule has 202 valence electrons. The van der Waals surface area contributed by atoms with Gasteiger partial charge < -0.3 is 20.1 Å². The third-order valence-electron chi connectivity index (χ3n) is 8.79. The number of nitrogens with one attached hydrogen (secondary N) is 1. The summed E-state index contributed by atoms with van der Waals surface area (Å²) >= 11 is 6.71. The van der Waals surface area contributed by atoms with Gasteiger partial charge in [-0.05, 0) is 42.5 Å². The second-order valence-corrected chi connectivity index (χ2v) is 11.5. The zero-order valence-corrected chi connectivity index (χ0v) is 22.9. The average molecular weight is 539 g/mol. The van der Waals surface area contributed by atoms with Crippen LogP contribution in [-0.4, -0.2) is 81.7 Å². The second kappa shape index (κ2) is 9.79. The van der Waals surface area contributed by atoms with Crippen LogP contribution in [0.4, 0.5) is 11.5 Å². The van der Waals surface area contributed by atoms with E-state index in [9.17, 15) is 9.90 Å². The molecule has 38 heavy (non-hydrogen) atoms. The zero-order chi connectivity index (χ0) is 26.6. The molecule has 3 fully saturated rings. The van der Waals surface area contributed by atoms with Gasteiger partial charge in [0.15, 0.2) is 0 Å². The summed E-state index contributed by atoms with van der Waals surface area (Å²) in [5, 5.41) is 20.6. The fourth-order valence-corrected chi connectivity index (χ4v) is 6.63. The molecule has 1 aliphatic carbocycles. The van der Waals surface area contributed by atoms with E-state index >= 15 is 0 Å². The van der Waals surface area contributed by atoms with Gasteiger partial charge in [-0.15, -0.1) is 0 Å². The van der Waals surface area contributed by atoms with Gasteiger partial charge in [0.2, 0.25) is 5.91 Å². The summed E-state index contributed by atoms with van der Waals surface area (Å²) in [6.07, 6.45) is 4.16. The summed E-state index contributed by atoms with van der Waals surface area (Å²) in [6, 6.07) is 7.96. The predicted octanol–water partition coefficient (Wildman–Crippen LogP) is 3.27. The van der Waals surface area contributed by atoms with Crippen LogP contribution >= 0.6 is 11.6 Å². The molecule has 1 aromatic carbocycles. The first-order valence-electron chi connectivity index (χ1n) is 13.4. The second-order valence-electron chi connectivity index (χ2n) is 11.1. The van der Waals surface area contributed by atoms with Crippen LogP contribution in [0.3, 0.4) is 0 Å². The number of carbonyl (C=O) groups is 1. The van der Waals surface area contributed by atoms with Crippen molar-refractivity contribution in [2.45, 2.75) is 37.8 Å². The van der Waals surface area contributed by atoms with Crippen molar-refractivity contribution in [1.29, 1.82) is 0 Å². The van der Waals surface area contributed by atoms with Crippen LogP contribution in [0.25, 0.3) is 10.8 Å². The normalized spacial score (nSPS) is 29.7. The highest BCUT2D eigenvalue weighted by molar-refractivity contribution is 6.34. The minimum Gasteiger partial charge on any atom is -0.389 e. The molecular formula is C28H35ClN6O3. The monoisotopic (exact) mass is 538 g/mol. The van der Waals surface area contributed by atoms with Crippen LogP contribution < -0.4 is 10.2 Å². The maximum atomic E-state index is 13.2. The van der Waals surface area contributed by atoms with Gasteiger partial charge in [0.1, 0.15) is 5.82 Å².